The number of nitrogens with one attached hydrogen (secondary N) is 1. The first-order valence-electron chi connectivity index (χ1n) is 18.1. The molecule has 1 aliphatic rings. The second kappa shape index (κ2) is 19.0. The van der Waals surface area contributed by atoms with Gasteiger partial charge in [-0.25, -0.2) is 29.1 Å². The average molecular weight is 724 g/mol. The highest BCUT2D eigenvalue weighted by atomic mass is 16.6. The van der Waals surface area contributed by atoms with Gasteiger partial charge in [0.1, 0.15) is 17.0 Å². The normalized spacial score (nSPS) is 16.3. The van der Waals surface area contributed by atoms with E-state index < -0.39 is 23.4 Å². The predicted octanol–water partition coefficient (Wildman–Crippen LogP) is 6.40. The minimum absolute atomic E-state index is 0.000252. The molecule has 0 aliphatic heterocycles. The first kappa shape index (κ1) is 40.5. The van der Waals surface area contributed by atoms with E-state index in [1.807, 2.05) is 49.2 Å². The standard InChI is InChI=1S/C38H57N7O7/c1-37(2,3)51-35(46)44(36(47)52-38(4,5)6)20-21-48-22-23-49-24-25-50-30-16-14-29(15-17-30)41-34-39-19-18-32(42-34)31-26-40-45(33(31)43(7)8)27-28-12-10-9-11-13-28/h9-13,18-19,26,29-30H,14-17,20-25,27H2,1-8H3,(H,39,41,42). The maximum absolute atomic E-state index is 12.6. The molecule has 0 unspecified atom stereocenters. The van der Waals surface area contributed by atoms with Crippen molar-refractivity contribution in [2.45, 2.75) is 97.1 Å². The zero-order chi connectivity index (χ0) is 37.7. The lowest BCUT2D eigenvalue weighted by Gasteiger charge is -2.29. The molecule has 0 spiro atoms. The number of amides is 2. The number of nitrogens with zero attached hydrogens (tertiary/aromatic N) is 6. The summed E-state index contributed by atoms with van der Waals surface area (Å²) >= 11 is 0. The third kappa shape index (κ3) is 13.4. The van der Waals surface area contributed by atoms with Crippen LogP contribution in [0.2, 0.25) is 0 Å². The van der Waals surface area contributed by atoms with Crippen molar-refractivity contribution in [1.82, 2.24) is 24.6 Å². The molecule has 0 saturated heterocycles. The van der Waals surface area contributed by atoms with E-state index >= 15 is 0 Å². The molecule has 0 radical (unpaired) electrons. The summed E-state index contributed by atoms with van der Waals surface area (Å²) in [6.45, 7) is 12.8. The maximum atomic E-state index is 12.6. The van der Waals surface area contributed by atoms with Gasteiger partial charge in [-0.1, -0.05) is 30.3 Å². The van der Waals surface area contributed by atoms with Gasteiger partial charge in [-0.05, 0) is 78.9 Å². The summed E-state index contributed by atoms with van der Waals surface area (Å²) in [4.78, 5) is 37.5. The van der Waals surface area contributed by atoms with Crippen LogP contribution in [-0.2, 0) is 30.2 Å². The Bertz CT molecular complexity index is 1520. The summed E-state index contributed by atoms with van der Waals surface area (Å²) in [5.41, 5.74) is 1.47. The fraction of sp³-hybridized carbons (Fsp3) is 0.605. The Labute approximate surface area is 308 Å². The third-order valence-corrected chi connectivity index (χ3v) is 7.99. The van der Waals surface area contributed by atoms with Crippen LogP contribution in [-0.4, -0.2) is 114 Å². The zero-order valence-electron chi connectivity index (χ0n) is 32.1. The Kier molecular flexibility index (Phi) is 14.8. The van der Waals surface area contributed by atoms with Gasteiger partial charge in [0.25, 0.3) is 0 Å². The second-order valence-electron chi connectivity index (χ2n) is 15.0. The Morgan fingerprint density at radius 3 is 2.08 bits per heavy atom. The molecule has 286 valence electrons. The molecule has 3 aromatic rings. The van der Waals surface area contributed by atoms with Crippen LogP contribution in [0.15, 0.2) is 48.8 Å². The molecule has 1 saturated carbocycles. The number of hydrogen-bond donors (Lipinski definition) is 1. The minimum atomic E-state index is -0.774. The Hall–Kier alpha value is -4.27. The molecule has 52 heavy (non-hydrogen) atoms. The highest BCUT2D eigenvalue weighted by Crippen LogP contribution is 2.30. The zero-order valence-corrected chi connectivity index (χ0v) is 32.1. The van der Waals surface area contributed by atoms with E-state index in [4.69, 9.17) is 28.7 Å². The van der Waals surface area contributed by atoms with Crippen molar-refractivity contribution in [3.63, 3.8) is 0 Å². The van der Waals surface area contributed by atoms with Crippen LogP contribution in [0.25, 0.3) is 11.3 Å². The summed E-state index contributed by atoms with van der Waals surface area (Å²) < 4.78 is 30.1. The highest BCUT2D eigenvalue weighted by Gasteiger charge is 2.31. The second-order valence-corrected chi connectivity index (χ2v) is 15.0. The van der Waals surface area contributed by atoms with Gasteiger partial charge in [0, 0.05) is 26.3 Å². The highest BCUT2D eigenvalue weighted by molar-refractivity contribution is 5.88. The molecular weight excluding hydrogens is 666 g/mol. The predicted molar refractivity (Wildman–Crippen MR) is 200 cm³/mol. The first-order chi connectivity index (χ1) is 24.7. The smallest absolute Gasteiger partial charge is 0.419 e. The van der Waals surface area contributed by atoms with Crippen LogP contribution >= 0.6 is 0 Å². The molecule has 0 atom stereocenters. The summed E-state index contributed by atoms with van der Waals surface area (Å²) in [6.07, 6.45) is 6.07. The lowest BCUT2D eigenvalue weighted by atomic mass is 9.93. The largest absolute Gasteiger partial charge is 0.443 e. The minimum Gasteiger partial charge on any atom is -0.443 e. The van der Waals surface area contributed by atoms with Crippen LogP contribution in [0.4, 0.5) is 21.4 Å². The van der Waals surface area contributed by atoms with Gasteiger partial charge < -0.3 is 33.9 Å². The van der Waals surface area contributed by atoms with Crippen LogP contribution < -0.4 is 10.2 Å². The van der Waals surface area contributed by atoms with Gasteiger partial charge in [-0.2, -0.15) is 5.10 Å². The fourth-order valence-corrected chi connectivity index (χ4v) is 5.68. The average Bonchev–Trinajstić information content (AvgIpc) is 3.49. The van der Waals surface area contributed by atoms with Gasteiger partial charge in [0.2, 0.25) is 5.95 Å². The molecule has 1 N–H and O–H groups in total. The molecule has 1 aromatic carbocycles. The monoisotopic (exact) mass is 723 g/mol. The molecule has 1 fully saturated rings. The van der Waals surface area contributed by atoms with E-state index in [-0.39, 0.29) is 25.3 Å². The summed E-state index contributed by atoms with van der Waals surface area (Å²) in [5.74, 6) is 1.60. The number of rotatable bonds is 16. The Morgan fingerprint density at radius 1 is 0.846 bits per heavy atom. The van der Waals surface area contributed by atoms with E-state index in [1.54, 1.807) is 47.7 Å². The van der Waals surface area contributed by atoms with Crippen molar-refractivity contribution in [3.05, 3.63) is 54.4 Å². The molecule has 14 nitrogen and oxygen atoms in total. The first-order valence-corrected chi connectivity index (χ1v) is 18.1. The lowest BCUT2D eigenvalue weighted by molar-refractivity contribution is -0.0266. The SMILES string of the molecule is CN(C)c1c(-c2ccnc(NC3CCC(OCCOCCOCCN(C(=O)OC(C)(C)C)C(=O)OC(C)(C)C)CC3)n2)cnn1Cc1ccccc1. The molecular formula is C38H57N7O7. The van der Waals surface area contributed by atoms with E-state index in [2.05, 4.69) is 32.4 Å². The van der Waals surface area contributed by atoms with E-state index in [0.717, 1.165) is 47.7 Å². The van der Waals surface area contributed by atoms with Crippen molar-refractivity contribution in [2.75, 3.05) is 63.9 Å². The van der Waals surface area contributed by atoms with Crippen molar-refractivity contribution in [3.8, 4) is 11.3 Å². The van der Waals surface area contributed by atoms with Gasteiger partial charge in [-0.3, -0.25) is 0 Å². The van der Waals surface area contributed by atoms with Crippen LogP contribution in [0.5, 0.6) is 0 Å². The molecule has 14 heteroatoms. The van der Waals surface area contributed by atoms with Crippen LogP contribution in [0.1, 0.15) is 72.8 Å². The summed E-state index contributed by atoms with van der Waals surface area (Å²) in [6, 6.07) is 12.5. The number of imide groups is 1. The number of aromatic nitrogens is 4. The number of anilines is 2. The van der Waals surface area contributed by atoms with E-state index in [9.17, 15) is 9.59 Å². The Morgan fingerprint density at radius 2 is 1.46 bits per heavy atom. The van der Waals surface area contributed by atoms with Crippen molar-refractivity contribution in [2.24, 2.45) is 0 Å². The van der Waals surface area contributed by atoms with Crippen LogP contribution in [0.3, 0.4) is 0 Å². The molecule has 2 aromatic heterocycles. The van der Waals surface area contributed by atoms with Gasteiger partial charge in [0.15, 0.2) is 0 Å². The number of carbonyl (C=O) groups excluding carboxylic acids is 2. The van der Waals surface area contributed by atoms with Crippen molar-refractivity contribution in [1.29, 1.82) is 0 Å². The van der Waals surface area contributed by atoms with Gasteiger partial charge in [-0.15, -0.1) is 0 Å². The Balaban J connectivity index is 1.13. The third-order valence-electron chi connectivity index (χ3n) is 7.99. The molecule has 2 heterocycles. The van der Waals surface area contributed by atoms with E-state index in [0.29, 0.717) is 38.9 Å². The number of ether oxygens (including phenoxy) is 5. The maximum Gasteiger partial charge on any atom is 0.419 e. The van der Waals surface area contributed by atoms with E-state index in [1.165, 1.54) is 5.56 Å². The van der Waals surface area contributed by atoms with Crippen molar-refractivity contribution >= 4 is 24.0 Å². The quantitative estimate of drug-likeness (QED) is 0.164. The van der Waals surface area contributed by atoms with Gasteiger partial charge in [0.05, 0.1) is 69.7 Å². The topological polar surface area (TPSA) is 142 Å². The van der Waals surface area contributed by atoms with Crippen molar-refractivity contribution < 1.29 is 33.3 Å². The molecule has 2 amide bonds. The number of hydrogen-bond acceptors (Lipinski definition) is 12. The number of benzene rings is 1. The molecule has 4 rings (SSSR count). The summed E-state index contributed by atoms with van der Waals surface area (Å²) in [5, 5.41) is 8.22. The fourth-order valence-electron chi connectivity index (χ4n) is 5.68. The molecule has 1 aliphatic carbocycles. The molecule has 0 bridgehead atoms. The lowest BCUT2D eigenvalue weighted by Crippen LogP contribution is -2.45. The van der Waals surface area contributed by atoms with Crippen LogP contribution in [0, 0.1) is 0 Å². The van der Waals surface area contributed by atoms with Gasteiger partial charge >= 0.3 is 12.2 Å². The number of carbonyl (C=O) groups is 2. The summed E-state index contributed by atoms with van der Waals surface area (Å²) in [7, 11) is 4.04.